The summed E-state index contributed by atoms with van der Waals surface area (Å²) in [6, 6.07) is 7.81. The third-order valence-corrected chi connectivity index (χ3v) is 1.77. The van der Waals surface area contributed by atoms with Crippen LogP contribution in [0.3, 0.4) is 0 Å². The minimum atomic E-state index is 0.639. The molecule has 2 rings (SSSR count). The number of nitrogens with zero attached hydrogens (tertiary/aromatic N) is 2. The van der Waals surface area contributed by atoms with E-state index in [1.54, 1.807) is 6.08 Å². The first-order chi connectivity index (χ1) is 5.42. The zero-order valence-corrected chi connectivity index (χ0v) is 5.86. The van der Waals surface area contributed by atoms with Crippen LogP contribution in [0.15, 0.2) is 30.3 Å². The van der Waals surface area contributed by atoms with Gasteiger partial charge in [0.2, 0.25) is 0 Å². The van der Waals surface area contributed by atoms with Crippen LogP contribution in [-0.4, -0.2) is 10.5 Å². The summed E-state index contributed by atoms with van der Waals surface area (Å²) >= 11 is 0. The van der Waals surface area contributed by atoms with E-state index in [9.17, 15) is 0 Å². The minimum absolute atomic E-state index is 0.639. The van der Waals surface area contributed by atoms with Crippen molar-refractivity contribution in [1.82, 2.24) is 0 Å². The van der Waals surface area contributed by atoms with Crippen molar-refractivity contribution in [3.05, 3.63) is 47.0 Å². The SMILES string of the molecule is [N-]=[N+]=C1C=Cc2ccccc21. The van der Waals surface area contributed by atoms with Crippen molar-refractivity contribution in [2.75, 3.05) is 0 Å². The molecule has 0 aromatic heterocycles. The summed E-state index contributed by atoms with van der Waals surface area (Å²) in [5.41, 5.74) is 11.3. The van der Waals surface area contributed by atoms with Gasteiger partial charge in [-0.1, -0.05) is 18.2 Å². The highest BCUT2D eigenvalue weighted by Crippen LogP contribution is 2.17. The second-order valence-electron chi connectivity index (χ2n) is 2.41. The van der Waals surface area contributed by atoms with Crippen LogP contribution in [-0.2, 0) is 0 Å². The highest BCUT2D eigenvalue weighted by molar-refractivity contribution is 6.13. The lowest BCUT2D eigenvalue weighted by Crippen LogP contribution is -1.93. The Morgan fingerprint density at radius 3 is 2.73 bits per heavy atom. The topological polar surface area (TPSA) is 36.4 Å². The van der Waals surface area contributed by atoms with Gasteiger partial charge < -0.3 is 5.53 Å². The van der Waals surface area contributed by atoms with E-state index in [1.807, 2.05) is 30.3 Å². The average Bonchev–Trinajstić information content (AvgIpc) is 2.47. The Kier molecular flexibility index (Phi) is 1.21. The maximum atomic E-state index is 8.55. The first kappa shape index (κ1) is 6.08. The summed E-state index contributed by atoms with van der Waals surface area (Å²) in [6.45, 7) is 0. The van der Waals surface area contributed by atoms with Gasteiger partial charge in [-0.25, -0.2) is 0 Å². The van der Waals surface area contributed by atoms with E-state index < -0.39 is 0 Å². The third-order valence-electron chi connectivity index (χ3n) is 1.77. The van der Waals surface area contributed by atoms with Gasteiger partial charge in [0.15, 0.2) is 0 Å². The molecule has 0 amide bonds. The van der Waals surface area contributed by atoms with Crippen LogP contribution < -0.4 is 0 Å². The van der Waals surface area contributed by atoms with Gasteiger partial charge in [0.25, 0.3) is 0 Å². The number of rotatable bonds is 0. The molecule has 1 aromatic rings. The monoisotopic (exact) mass is 142 g/mol. The highest BCUT2D eigenvalue weighted by Gasteiger charge is 2.16. The van der Waals surface area contributed by atoms with Gasteiger partial charge in [0.1, 0.15) is 0 Å². The molecule has 0 N–H and O–H groups in total. The molecule has 2 nitrogen and oxygen atoms in total. The Balaban J connectivity index is 2.72. The molecular weight excluding hydrogens is 136 g/mol. The third kappa shape index (κ3) is 0.810. The first-order valence-electron chi connectivity index (χ1n) is 3.41. The first-order valence-corrected chi connectivity index (χ1v) is 3.41. The molecule has 0 saturated heterocycles. The lowest BCUT2D eigenvalue weighted by molar-refractivity contribution is -0.00188. The number of hydrogen-bond acceptors (Lipinski definition) is 0. The highest BCUT2D eigenvalue weighted by atomic mass is 14.9. The molecule has 52 valence electrons. The van der Waals surface area contributed by atoms with Crippen molar-refractivity contribution in [3.63, 3.8) is 0 Å². The molecule has 1 aliphatic rings. The fourth-order valence-corrected chi connectivity index (χ4v) is 1.22. The summed E-state index contributed by atoms with van der Waals surface area (Å²) in [5, 5.41) is 0. The predicted octanol–water partition coefficient (Wildman–Crippen LogP) is 1.73. The summed E-state index contributed by atoms with van der Waals surface area (Å²) in [5.74, 6) is 0. The molecule has 0 fully saturated rings. The van der Waals surface area contributed by atoms with E-state index in [-0.39, 0.29) is 0 Å². The maximum absolute atomic E-state index is 8.55. The molecule has 0 aliphatic heterocycles. The van der Waals surface area contributed by atoms with Crippen LogP contribution in [0.2, 0.25) is 0 Å². The van der Waals surface area contributed by atoms with Gasteiger partial charge in [-0.3, -0.25) is 0 Å². The molecule has 0 atom stereocenters. The Morgan fingerprint density at radius 2 is 1.91 bits per heavy atom. The van der Waals surface area contributed by atoms with Crippen LogP contribution in [0.25, 0.3) is 11.6 Å². The van der Waals surface area contributed by atoms with Gasteiger partial charge in [-0.15, -0.1) is 0 Å². The molecule has 0 unspecified atom stereocenters. The second-order valence-corrected chi connectivity index (χ2v) is 2.41. The van der Waals surface area contributed by atoms with Crippen molar-refractivity contribution in [2.45, 2.75) is 0 Å². The molecule has 11 heavy (non-hydrogen) atoms. The van der Waals surface area contributed by atoms with Crippen LogP contribution in [0, 0.1) is 0 Å². The van der Waals surface area contributed by atoms with Crippen molar-refractivity contribution < 1.29 is 4.79 Å². The molecule has 0 bridgehead atoms. The molecule has 0 saturated carbocycles. The maximum Gasteiger partial charge on any atom is 0.323 e. The van der Waals surface area contributed by atoms with Gasteiger partial charge in [-0.2, -0.15) is 4.79 Å². The zero-order valence-electron chi connectivity index (χ0n) is 5.86. The van der Waals surface area contributed by atoms with Crippen LogP contribution >= 0.6 is 0 Å². The fraction of sp³-hybridized carbons (Fsp3) is 0. The van der Waals surface area contributed by atoms with Crippen LogP contribution in [0.1, 0.15) is 11.1 Å². The van der Waals surface area contributed by atoms with E-state index >= 15 is 0 Å². The van der Waals surface area contributed by atoms with Gasteiger partial charge in [0.05, 0.1) is 5.56 Å². The summed E-state index contributed by atoms with van der Waals surface area (Å²) in [6.07, 6.45) is 3.73. The Labute approximate surface area is 64.4 Å². The minimum Gasteiger partial charge on any atom is -0.361 e. The molecule has 2 heteroatoms. The number of benzene rings is 1. The van der Waals surface area contributed by atoms with Gasteiger partial charge in [0, 0.05) is 6.08 Å². The summed E-state index contributed by atoms with van der Waals surface area (Å²) in [4.78, 5) is 3.16. The number of fused-ring (bicyclic) bond motifs is 1. The van der Waals surface area contributed by atoms with Crippen molar-refractivity contribution >= 4 is 11.8 Å². The second kappa shape index (κ2) is 2.19. The smallest absolute Gasteiger partial charge is 0.323 e. The largest absolute Gasteiger partial charge is 0.361 e. The molecule has 0 heterocycles. The van der Waals surface area contributed by atoms with Crippen molar-refractivity contribution in [2.24, 2.45) is 0 Å². The quantitative estimate of drug-likeness (QED) is 0.390. The Morgan fingerprint density at radius 1 is 1.09 bits per heavy atom. The predicted molar refractivity (Wildman–Crippen MR) is 43.2 cm³/mol. The summed E-state index contributed by atoms with van der Waals surface area (Å²) < 4.78 is 0. The van der Waals surface area contributed by atoms with E-state index in [0.29, 0.717) is 5.71 Å². The lowest BCUT2D eigenvalue weighted by Gasteiger charge is -1.89. The number of hydrogen-bond donors (Lipinski definition) is 0. The van der Waals surface area contributed by atoms with Gasteiger partial charge >= 0.3 is 5.71 Å². The standard InChI is InChI=1S/C9H6N2/c10-11-9-6-5-7-3-1-2-4-8(7)9/h1-6H. The average molecular weight is 142 g/mol. The number of allylic oxidation sites excluding steroid dienone is 1. The lowest BCUT2D eigenvalue weighted by atomic mass is 10.1. The Hall–Kier alpha value is -1.66. The van der Waals surface area contributed by atoms with E-state index in [1.165, 1.54) is 0 Å². The molecule has 1 aromatic carbocycles. The normalized spacial score (nSPS) is 12.9. The molecule has 0 spiro atoms. The fourth-order valence-electron chi connectivity index (χ4n) is 1.22. The van der Waals surface area contributed by atoms with Crippen LogP contribution in [0.5, 0.6) is 0 Å². The Bertz CT molecular complexity index is 371. The van der Waals surface area contributed by atoms with E-state index in [4.69, 9.17) is 5.53 Å². The van der Waals surface area contributed by atoms with Crippen molar-refractivity contribution in [1.29, 1.82) is 0 Å². The van der Waals surface area contributed by atoms with E-state index in [0.717, 1.165) is 11.1 Å². The van der Waals surface area contributed by atoms with E-state index in [2.05, 4.69) is 4.79 Å². The molecule has 0 radical (unpaired) electrons. The molecular formula is C9H6N2. The summed E-state index contributed by atoms with van der Waals surface area (Å²) in [7, 11) is 0. The van der Waals surface area contributed by atoms with Gasteiger partial charge in [-0.05, 0) is 17.7 Å². The zero-order chi connectivity index (χ0) is 7.68. The van der Waals surface area contributed by atoms with Crippen molar-refractivity contribution in [3.8, 4) is 0 Å². The molecule has 1 aliphatic carbocycles. The van der Waals surface area contributed by atoms with Crippen LogP contribution in [0.4, 0.5) is 0 Å².